The molecule has 3 aromatic rings. The van der Waals surface area contributed by atoms with E-state index in [9.17, 15) is 10.1 Å². The van der Waals surface area contributed by atoms with E-state index in [0.717, 1.165) is 11.4 Å². The van der Waals surface area contributed by atoms with Crippen LogP contribution in [0.2, 0.25) is 0 Å². The molecule has 7 nitrogen and oxygen atoms in total. The van der Waals surface area contributed by atoms with E-state index in [2.05, 4.69) is 10.3 Å². The molecule has 1 aromatic heterocycles. The van der Waals surface area contributed by atoms with Crippen LogP contribution in [-0.4, -0.2) is 27.0 Å². The van der Waals surface area contributed by atoms with Gasteiger partial charge in [-0.25, -0.2) is 4.68 Å². The Balaban J connectivity index is 2.09. The SMILES string of the molecule is COc1ccc(-n2nnc3cc([N+](=O)[O-])ccc32)cc1. The molecule has 0 radical (unpaired) electrons. The first-order chi connectivity index (χ1) is 9.69. The summed E-state index contributed by atoms with van der Waals surface area (Å²) in [5.74, 6) is 0.744. The summed E-state index contributed by atoms with van der Waals surface area (Å²) in [4.78, 5) is 10.3. The quantitative estimate of drug-likeness (QED) is 0.538. The Kier molecular flexibility index (Phi) is 2.79. The van der Waals surface area contributed by atoms with E-state index in [4.69, 9.17) is 4.74 Å². The first-order valence-corrected chi connectivity index (χ1v) is 5.83. The van der Waals surface area contributed by atoms with Crippen molar-refractivity contribution >= 4 is 16.7 Å². The zero-order valence-electron chi connectivity index (χ0n) is 10.6. The highest BCUT2D eigenvalue weighted by Gasteiger charge is 2.11. The summed E-state index contributed by atoms with van der Waals surface area (Å²) in [5.41, 5.74) is 2.00. The smallest absolute Gasteiger partial charge is 0.271 e. The number of hydrogen-bond donors (Lipinski definition) is 0. The molecule has 0 saturated carbocycles. The van der Waals surface area contributed by atoms with Gasteiger partial charge in [-0.05, 0) is 30.3 Å². The van der Waals surface area contributed by atoms with Gasteiger partial charge < -0.3 is 4.74 Å². The summed E-state index contributed by atoms with van der Waals surface area (Å²) in [5, 5.41) is 18.7. The van der Waals surface area contributed by atoms with E-state index in [1.807, 2.05) is 24.3 Å². The fourth-order valence-corrected chi connectivity index (χ4v) is 1.94. The third-order valence-electron chi connectivity index (χ3n) is 2.96. The lowest BCUT2D eigenvalue weighted by atomic mass is 10.2. The largest absolute Gasteiger partial charge is 0.497 e. The normalized spacial score (nSPS) is 10.7. The number of benzene rings is 2. The number of nitro groups is 1. The minimum absolute atomic E-state index is 0.000666. The average Bonchev–Trinajstić information content (AvgIpc) is 2.90. The minimum Gasteiger partial charge on any atom is -0.497 e. The fourth-order valence-electron chi connectivity index (χ4n) is 1.94. The average molecular weight is 270 g/mol. The molecule has 0 fully saturated rings. The Morgan fingerprint density at radius 3 is 2.60 bits per heavy atom. The Hall–Kier alpha value is -2.96. The van der Waals surface area contributed by atoms with Gasteiger partial charge in [-0.15, -0.1) is 5.10 Å². The number of ether oxygens (including phenoxy) is 1. The maximum Gasteiger partial charge on any atom is 0.271 e. The van der Waals surface area contributed by atoms with E-state index in [-0.39, 0.29) is 5.69 Å². The number of aromatic nitrogens is 3. The molecule has 0 aliphatic heterocycles. The van der Waals surface area contributed by atoms with Gasteiger partial charge in [-0.1, -0.05) is 5.21 Å². The fraction of sp³-hybridized carbons (Fsp3) is 0.0769. The lowest BCUT2D eigenvalue weighted by Gasteiger charge is -2.03. The van der Waals surface area contributed by atoms with Crippen molar-refractivity contribution in [3.8, 4) is 11.4 Å². The Bertz CT molecular complexity index is 780. The molecule has 7 heteroatoms. The van der Waals surface area contributed by atoms with Crippen LogP contribution in [0, 0.1) is 10.1 Å². The molecule has 0 saturated heterocycles. The van der Waals surface area contributed by atoms with E-state index in [1.165, 1.54) is 12.1 Å². The van der Waals surface area contributed by atoms with Crippen LogP contribution in [-0.2, 0) is 0 Å². The molecule has 2 aromatic carbocycles. The van der Waals surface area contributed by atoms with Crippen molar-refractivity contribution in [1.29, 1.82) is 0 Å². The summed E-state index contributed by atoms with van der Waals surface area (Å²) in [6, 6.07) is 11.8. The van der Waals surface area contributed by atoms with E-state index in [1.54, 1.807) is 17.9 Å². The molecule has 0 N–H and O–H groups in total. The second-order valence-electron chi connectivity index (χ2n) is 4.13. The van der Waals surface area contributed by atoms with Crippen LogP contribution in [0.4, 0.5) is 5.69 Å². The lowest BCUT2D eigenvalue weighted by molar-refractivity contribution is -0.384. The number of rotatable bonds is 3. The Morgan fingerprint density at radius 1 is 1.20 bits per heavy atom. The van der Waals surface area contributed by atoms with Gasteiger partial charge in [0.15, 0.2) is 0 Å². The first-order valence-electron chi connectivity index (χ1n) is 5.83. The maximum atomic E-state index is 10.7. The van der Waals surface area contributed by atoms with Gasteiger partial charge in [0.05, 0.1) is 23.2 Å². The standard InChI is InChI=1S/C13H10N4O3/c1-20-11-5-2-9(3-6-11)16-13-7-4-10(17(18)19)8-12(13)14-15-16/h2-8H,1H3. The highest BCUT2D eigenvalue weighted by molar-refractivity contribution is 5.78. The van der Waals surface area contributed by atoms with Gasteiger partial charge in [0.1, 0.15) is 11.3 Å². The van der Waals surface area contributed by atoms with E-state index < -0.39 is 4.92 Å². The first kappa shape index (κ1) is 12.1. The van der Waals surface area contributed by atoms with Crippen LogP contribution in [0.3, 0.4) is 0 Å². The number of nitro benzene ring substituents is 1. The number of non-ortho nitro benzene ring substituents is 1. The van der Waals surface area contributed by atoms with E-state index in [0.29, 0.717) is 11.0 Å². The van der Waals surface area contributed by atoms with Crippen LogP contribution in [0.25, 0.3) is 16.7 Å². The van der Waals surface area contributed by atoms with Crippen molar-refractivity contribution in [2.24, 2.45) is 0 Å². The van der Waals surface area contributed by atoms with Crippen molar-refractivity contribution in [3.05, 3.63) is 52.6 Å². The maximum absolute atomic E-state index is 10.7. The molecule has 100 valence electrons. The molecule has 0 unspecified atom stereocenters. The third-order valence-corrected chi connectivity index (χ3v) is 2.96. The van der Waals surface area contributed by atoms with Gasteiger partial charge >= 0.3 is 0 Å². The van der Waals surface area contributed by atoms with Gasteiger partial charge in [0.25, 0.3) is 5.69 Å². The monoisotopic (exact) mass is 270 g/mol. The topological polar surface area (TPSA) is 83.1 Å². The highest BCUT2D eigenvalue weighted by Crippen LogP contribution is 2.22. The van der Waals surface area contributed by atoms with Crippen molar-refractivity contribution in [2.75, 3.05) is 7.11 Å². The van der Waals surface area contributed by atoms with Gasteiger partial charge in [-0.2, -0.15) is 0 Å². The van der Waals surface area contributed by atoms with Crippen LogP contribution < -0.4 is 4.74 Å². The third kappa shape index (κ3) is 1.95. The predicted octanol–water partition coefficient (Wildman–Crippen LogP) is 2.34. The molecule has 0 spiro atoms. The zero-order chi connectivity index (χ0) is 14.1. The second-order valence-corrected chi connectivity index (χ2v) is 4.13. The summed E-state index contributed by atoms with van der Waals surface area (Å²) < 4.78 is 6.72. The van der Waals surface area contributed by atoms with Gasteiger partial charge in [-0.3, -0.25) is 10.1 Å². The molecular weight excluding hydrogens is 260 g/mol. The Morgan fingerprint density at radius 2 is 1.95 bits per heavy atom. The van der Waals surface area contributed by atoms with Crippen LogP contribution in [0.15, 0.2) is 42.5 Å². The molecular formula is C13H10N4O3. The minimum atomic E-state index is -0.453. The molecule has 20 heavy (non-hydrogen) atoms. The van der Waals surface area contributed by atoms with Gasteiger partial charge in [0.2, 0.25) is 0 Å². The number of fused-ring (bicyclic) bond motifs is 1. The lowest BCUT2D eigenvalue weighted by Crippen LogP contribution is -1.96. The van der Waals surface area contributed by atoms with Crippen LogP contribution in [0.5, 0.6) is 5.75 Å². The van der Waals surface area contributed by atoms with Crippen LogP contribution in [0.1, 0.15) is 0 Å². The van der Waals surface area contributed by atoms with Gasteiger partial charge in [0, 0.05) is 12.1 Å². The zero-order valence-corrected chi connectivity index (χ0v) is 10.6. The highest BCUT2D eigenvalue weighted by atomic mass is 16.6. The van der Waals surface area contributed by atoms with Crippen molar-refractivity contribution in [3.63, 3.8) is 0 Å². The molecule has 1 heterocycles. The van der Waals surface area contributed by atoms with E-state index >= 15 is 0 Å². The second kappa shape index (κ2) is 4.61. The summed E-state index contributed by atoms with van der Waals surface area (Å²) in [6.45, 7) is 0. The summed E-state index contributed by atoms with van der Waals surface area (Å²) in [6.07, 6.45) is 0. The van der Waals surface area contributed by atoms with Crippen molar-refractivity contribution in [2.45, 2.75) is 0 Å². The predicted molar refractivity (Wildman–Crippen MR) is 72.1 cm³/mol. The van der Waals surface area contributed by atoms with Crippen molar-refractivity contribution in [1.82, 2.24) is 15.0 Å². The van der Waals surface area contributed by atoms with Crippen LogP contribution >= 0.6 is 0 Å². The number of hydrogen-bond acceptors (Lipinski definition) is 5. The molecule has 0 aliphatic carbocycles. The molecule has 0 aliphatic rings. The Labute approximate surface area is 113 Å². The molecule has 0 amide bonds. The van der Waals surface area contributed by atoms with Crippen molar-refractivity contribution < 1.29 is 9.66 Å². The number of nitrogens with zero attached hydrogens (tertiary/aromatic N) is 4. The molecule has 3 rings (SSSR count). The number of methoxy groups -OCH3 is 1. The molecule has 0 atom stereocenters. The molecule has 0 bridgehead atoms. The summed E-state index contributed by atoms with van der Waals surface area (Å²) >= 11 is 0. The summed E-state index contributed by atoms with van der Waals surface area (Å²) in [7, 11) is 1.60.